The number of hydrazone groups is 1. The number of benzene rings is 2. The van der Waals surface area contributed by atoms with Gasteiger partial charge in [0, 0.05) is 22.6 Å². The second-order valence-corrected chi connectivity index (χ2v) is 7.19. The van der Waals surface area contributed by atoms with Gasteiger partial charge in [-0.1, -0.05) is 24.3 Å². The fourth-order valence-corrected chi connectivity index (χ4v) is 3.35. The number of carboxylic acids is 1. The molecule has 0 saturated heterocycles. The lowest BCUT2D eigenvalue weighted by atomic mass is 10.1. The minimum absolute atomic E-state index is 0.159. The Bertz CT molecular complexity index is 1200. The zero-order valence-electron chi connectivity index (χ0n) is 17.3. The van der Waals surface area contributed by atoms with E-state index >= 15 is 0 Å². The molecule has 2 N–H and O–H groups in total. The smallest absolute Gasteiger partial charge is 0.416 e. The third-order valence-corrected chi connectivity index (χ3v) is 4.83. The van der Waals surface area contributed by atoms with Gasteiger partial charge in [0.15, 0.2) is 0 Å². The molecule has 0 radical (unpaired) electrons. The first-order chi connectivity index (χ1) is 15.1. The summed E-state index contributed by atoms with van der Waals surface area (Å²) < 4.78 is 40.3. The Labute approximate surface area is 182 Å². The molecule has 9 heteroatoms. The lowest BCUT2D eigenvalue weighted by Gasteiger charge is -2.10. The molecule has 0 aliphatic heterocycles. The molecular weight excluding hydrogens is 423 g/mol. The average Bonchev–Trinajstić information content (AvgIpc) is 3.01. The summed E-state index contributed by atoms with van der Waals surface area (Å²) in [6, 6.07) is 12.9. The van der Waals surface area contributed by atoms with Crippen LogP contribution in [0.3, 0.4) is 0 Å². The molecule has 0 bridgehead atoms. The van der Waals surface area contributed by atoms with Crippen LogP contribution in [0.1, 0.15) is 38.4 Å². The molecule has 32 heavy (non-hydrogen) atoms. The molecule has 3 aromatic rings. The van der Waals surface area contributed by atoms with Crippen LogP contribution in [-0.2, 0) is 17.4 Å². The molecule has 2 aromatic carbocycles. The lowest BCUT2D eigenvalue weighted by molar-refractivity contribution is -0.137. The number of nitrogens with one attached hydrogen (secondary N) is 1. The summed E-state index contributed by atoms with van der Waals surface area (Å²) >= 11 is 0. The molecule has 6 nitrogen and oxygen atoms in total. The number of amides is 1. The highest BCUT2D eigenvalue weighted by atomic mass is 19.4. The third-order valence-electron chi connectivity index (χ3n) is 4.83. The van der Waals surface area contributed by atoms with Crippen LogP contribution >= 0.6 is 0 Å². The largest absolute Gasteiger partial charge is 0.478 e. The SMILES string of the molecule is Cc1cc(/C=N\NC(=O)Cc2cccc(C(F)(F)F)c2)c(C)n1-c1cccc(C(=O)O)c1. The number of carboxylic acid groups (broad SMARTS) is 1. The Hall–Kier alpha value is -3.88. The first-order valence-corrected chi connectivity index (χ1v) is 9.57. The number of hydrogen-bond acceptors (Lipinski definition) is 3. The van der Waals surface area contributed by atoms with Gasteiger partial charge in [-0.15, -0.1) is 0 Å². The third kappa shape index (κ3) is 5.23. The van der Waals surface area contributed by atoms with Gasteiger partial charge < -0.3 is 9.67 Å². The van der Waals surface area contributed by atoms with Crippen molar-refractivity contribution in [3.05, 3.63) is 88.2 Å². The normalized spacial score (nSPS) is 11.7. The van der Waals surface area contributed by atoms with Gasteiger partial charge in [0.05, 0.1) is 23.8 Å². The maximum absolute atomic E-state index is 12.8. The zero-order chi connectivity index (χ0) is 23.5. The minimum Gasteiger partial charge on any atom is -0.478 e. The van der Waals surface area contributed by atoms with E-state index in [1.165, 1.54) is 24.4 Å². The van der Waals surface area contributed by atoms with Crippen LogP contribution in [0.2, 0.25) is 0 Å². The molecule has 0 atom stereocenters. The number of alkyl halides is 3. The van der Waals surface area contributed by atoms with E-state index in [-0.39, 0.29) is 17.5 Å². The molecule has 0 saturated carbocycles. The number of aromatic carboxylic acids is 1. The van der Waals surface area contributed by atoms with Crippen molar-refractivity contribution < 1.29 is 27.9 Å². The van der Waals surface area contributed by atoms with Crippen molar-refractivity contribution in [3.8, 4) is 5.69 Å². The predicted molar refractivity (Wildman–Crippen MR) is 113 cm³/mol. The van der Waals surface area contributed by atoms with Gasteiger partial charge in [-0.25, -0.2) is 10.2 Å². The standard InChI is InChI=1S/C23H20F3N3O3/c1-14-9-18(15(2)29(14)20-8-4-6-17(12-20)22(31)32)13-27-28-21(30)11-16-5-3-7-19(10-16)23(24,25)26/h3-10,12-13H,11H2,1-2H3,(H,28,30)(H,31,32)/b27-13-. The summed E-state index contributed by atoms with van der Waals surface area (Å²) in [5.41, 5.74) is 4.88. The van der Waals surface area contributed by atoms with Gasteiger partial charge in [-0.2, -0.15) is 18.3 Å². The number of rotatable bonds is 6. The summed E-state index contributed by atoms with van der Waals surface area (Å²) in [7, 11) is 0. The Morgan fingerprint density at radius 3 is 2.50 bits per heavy atom. The lowest BCUT2D eigenvalue weighted by Crippen LogP contribution is -2.20. The molecular formula is C23H20F3N3O3. The van der Waals surface area contributed by atoms with Crippen molar-refractivity contribution in [2.45, 2.75) is 26.4 Å². The molecule has 1 heterocycles. The Balaban J connectivity index is 1.71. The Kier molecular flexibility index (Phi) is 6.47. The summed E-state index contributed by atoms with van der Waals surface area (Å²) in [4.78, 5) is 23.3. The summed E-state index contributed by atoms with van der Waals surface area (Å²) in [5.74, 6) is -1.58. The quantitative estimate of drug-likeness (QED) is 0.435. The van der Waals surface area contributed by atoms with Crippen LogP contribution in [0.4, 0.5) is 13.2 Å². The van der Waals surface area contributed by atoms with Crippen LogP contribution in [-0.4, -0.2) is 27.8 Å². The topological polar surface area (TPSA) is 83.7 Å². The maximum atomic E-state index is 12.8. The highest BCUT2D eigenvalue weighted by Gasteiger charge is 2.30. The van der Waals surface area contributed by atoms with Gasteiger partial charge in [0.25, 0.3) is 0 Å². The Morgan fingerprint density at radius 2 is 1.81 bits per heavy atom. The highest BCUT2D eigenvalue weighted by Crippen LogP contribution is 2.29. The second-order valence-electron chi connectivity index (χ2n) is 7.19. The van der Waals surface area contributed by atoms with Crippen molar-refractivity contribution in [3.63, 3.8) is 0 Å². The van der Waals surface area contributed by atoms with E-state index in [4.69, 9.17) is 0 Å². The maximum Gasteiger partial charge on any atom is 0.416 e. The molecule has 166 valence electrons. The first kappa shape index (κ1) is 22.8. The number of carbonyl (C=O) groups is 2. The van der Waals surface area contributed by atoms with Crippen LogP contribution < -0.4 is 5.43 Å². The van der Waals surface area contributed by atoms with Gasteiger partial charge >= 0.3 is 12.1 Å². The Morgan fingerprint density at radius 1 is 1.09 bits per heavy atom. The second kappa shape index (κ2) is 9.09. The van der Waals surface area contributed by atoms with Gasteiger partial charge in [0.2, 0.25) is 5.91 Å². The van der Waals surface area contributed by atoms with Gasteiger partial charge in [-0.3, -0.25) is 4.79 Å². The van der Waals surface area contributed by atoms with Crippen LogP contribution in [0.25, 0.3) is 5.69 Å². The summed E-state index contributed by atoms with van der Waals surface area (Å²) in [5, 5.41) is 13.1. The van der Waals surface area contributed by atoms with E-state index in [2.05, 4.69) is 10.5 Å². The molecule has 0 unspecified atom stereocenters. The van der Waals surface area contributed by atoms with E-state index in [0.29, 0.717) is 11.3 Å². The van der Waals surface area contributed by atoms with E-state index in [9.17, 15) is 27.9 Å². The minimum atomic E-state index is -4.48. The van der Waals surface area contributed by atoms with E-state index in [0.717, 1.165) is 23.5 Å². The molecule has 1 amide bonds. The van der Waals surface area contributed by atoms with Crippen LogP contribution in [0, 0.1) is 13.8 Å². The zero-order valence-corrected chi connectivity index (χ0v) is 17.3. The van der Waals surface area contributed by atoms with Crippen molar-refractivity contribution in [1.82, 2.24) is 9.99 Å². The van der Waals surface area contributed by atoms with E-state index in [1.807, 2.05) is 24.5 Å². The van der Waals surface area contributed by atoms with E-state index < -0.39 is 23.6 Å². The molecule has 0 aliphatic carbocycles. The fourth-order valence-electron chi connectivity index (χ4n) is 3.35. The fraction of sp³-hybridized carbons (Fsp3) is 0.174. The highest BCUT2D eigenvalue weighted by molar-refractivity contribution is 5.88. The van der Waals surface area contributed by atoms with Crippen molar-refractivity contribution in [1.29, 1.82) is 0 Å². The molecule has 1 aromatic heterocycles. The first-order valence-electron chi connectivity index (χ1n) is 9.57. The van der Waals surface area contributed by atoms with Crippen molar-refractivity contribution in [2.24, 2.45) is 5.10 Å². The van der Waals surface area contributed by atoms with Crippen LogP contribution in [0.5, 0.6) is 0 Å². The monoisotopic (exact) mass is 443 g/mol. The van der Waals surface area contributed by atoms with Gasteiger partial charge in [0.1, 0.15) is 0 Å². The molecule has 3 rings (SSSR count). The number of halogens is 3. The molecule has 0 spiro atoms. The van der Waals surface area contributed by atoms with Crippen molar-refractivity contribution in [2.75, 3.05) is 0 Å². The number of aryl methyl sites for hydroxylation is 1. The number of aromatic nitrogens is 1. The summed E-state index contributed by atoms with van der Waals surface area (Å²) in [6.45, 7) is 3.68. The molecule has 0 aliphatic rings. The van der Waals surface area contributed by atoms with E-state index in [1.54, 1.807) is 18.2 Å². The van der Waals surface area contributed by atoms with Crippen molar-refractivity contribution >= 4 is 18.1 Å². The summed E-state index contributed by atoms with van der Waals surface area (Å²) in [6.07, 6.45) is -3.29. The van der Waals surface area contributed by atoms with Crippen LogP contribution in [0.15, 0.2) is 59.7 Å². The predicted octanol–water partition coefficient (Wildman–Crippen LogP) is 4.50. The molecule has 0 fully saturated rings. The number of carbonyl (C=O) groups excluding carboxylic acids is 1. The number of hydrogen-bond donors (Lipinski definition) is 2. The number of nitrogens with zero attached hydrogens (tertiary/aromatic N) is 2. The van der Waals surface area contributed by atoms with Gasteiger partial charge in [-0.05, 0) is 49.7 Å². The average molecular weight is 443 g/mol.